The van der Waals surface area contributed by atoms with E-state index in [1.54, 1.807) is 0 Å². The van der Waals surface area contributed by atoms with E-state index in [1.807, 2.05) is 0 Å². The molecule has 0 spiro atoms. The molecule has 25 heavy (non-hydrogen) atoms. The molecule has 0 amide bonds. The van der Waals surface area contributed by atoms with Crippen LogP contribution in [0, 0.1) is 0 Å². The molecule has 1 aliphatic rings. The van der Waals surface area contributed by atoms with Gasteiger partial charge in [0, 0.05) is 20.8 Å². The predicted molar refractivity (Wildman–Crippen MR) is 79.3 cm³/mol. The van der Waals surface area contributed by atoms with E-state index >= 15 is 0 Å². The lowest BCUT2D eigenvalue weighted by molar-refractivity contribution is -0.369. The van der Waals surface area contributed by atoms with E-state index in [4.69, 9.17) is 23.7 Å². The maximum Gasteiger partial charge on any atom is 0.303 e. The maximum atomic E-state index is 11.4. The number of carbonyl (C=O) groups excluding carboxylic acids is 3. The first-order chi connectivity index (χ1) is 11.3. The first-order valence-electron chi connectivity index (χ1n) is 7.89. The molecule has 1 saturated heterocycles. The Hall–Kier alpha value is -1.23. The number of carbonyl (C=O) groups is 3. The van der Waals surface area contributed by atoms with Crippen LogP contribution in [0.5, 0.6) is 0 Å². The highest BCUT2D eigenvalue weighted by Crippen LogP contribution is 2.25. The molecule has 1 unspecified atom stereocenters. The Morgan fingerprint density at radius 1 is 0.960 bits per heavy atom. The topological polar surface area (TPSA) is 125 Å². The minimum absolute atomic E-state index is 0. The molecule has 9 nitrogen and oxygen atoms in total. The molecule has 146 valence electrons. The quantitative estimate of drug-likeness (QED) is 0.237. The van der Waals surface area contributed by atoms with E-state index in [1.165, 1.54) is 20.8 Å². The fourth-order valence-corrected chi connectivity index (χ4v) is 2.33. The van der Waals surface area contributed by atoms with E-state index < -0.39 is 42.5 Å². The van der Waals surface area contributed by atoms with Crippen molar-refractivity contribution in [2.75, 3.05) is 19.8 Å². The van der Waals surface area contributed by atoms with Gasteiger partial charge >= 0.3 is 17.9 Å². The zero-order valence-electron chi connectivity index (χ0n) is 14.7. The fourth-order valence-electron chi connectivity index (χ4n) is 2.33. The molecule has 1 aliphatic heterocycles. The van der Waals surface area contributed by atoms with Crippen molar-refractivity contribution < 1.29 is 60.8 Å². The smallest absolute Gasteiger partial charge is 0.303 e. The van der Waals surface area contributed by atoms with E-state index in [-0.39, 0.29) is 23.6 Å². The molecule has 0 aromatic carbocycles. The molecule has 3 N–H and O–H groups in total. The average molecular weight is 428 g/mol. The van der Waals surface area contributed by atoms with Crippen LogP contribution >= 0.6 is 0 Å². The number of hydrogen-bond donors (Lipinski definition) is 1. The van der Waals surface area contributed by atoms with Crippen molar-refractivity contribution in [1.82, 2.24) is 0 Å². The highest BCUT2D eigenvalue weighted by atomic mass is 79.9. The van der Waals surface area contributed by atoms with Crippen LogP contribution in [-0.4, -0.2) is 62.3 Å². The molecule has 4 atom stereocenters. The van der Waals surface area contributed by atoms with Gasteiger partial charge < -0.3 is 46.4 Å². The summed E-state index contributed by atoms with van der Waals surface area (Å²) < 4.78 is 26.7. The van der Waals surface area contributed by atoms with Crippen molar-refractivity contribution >= 4 is 17.9 Å². The Labute approximate surface area is 157 Å². The van der Waals surface area contributed by atoms with Crippen LogP contribution in [0.3, 0.4) is 0 Å². The Bertz CT molecular complexity index is 447. The number of rotatable bonds is 8. The van der Waals surface area contributed by atoms with Crippen LogP contribution < -0.4 is 22.7 Å². The van der Waals surface area contributed by atoms with Crippen molar-refractivity contribution in [1.29, 1.82) is 0 Å². The highest BCUT2D eigenvalue weighted by molar-refractivity contribution is 5.68. The Morgan fingerprint density at radius 3 is 2.04 bits per heavy atom. The van der Waals surface area contributed by atoms with Gasteiger partial charge in [0.15, 0.2) is 24.6 Å². The van der Waals surface area contributed by atoms with Gasteiger partial charge in [-0.1, -0.05) is 0 Å². The molecular formula is C15H26BrNO8. The Morgan fingerprint density at radius 2 is 1.52 bits per heavy atom. The zero-order valence-corrected chi connectivity index (χ0v) is 16.3. The maximum absolute atomic E-state index is 11.4. The predicted octanol–water partition coefficient (Wildman–Crippen LogP) is -3.82. The molecule has 0 aromatic rings. The number of unbranched alkanes of at least 4 members (excludes halogenated alkanes) is 1. The van der Waals surface area contributed by atoms with Crippen LogP contribution in [-0.2, 0) is 38.1 Å². The summed E-state index contributed by atoms with van der Waals surface area (Å²) >= 11 is 0. The van der Waals surface area contributed by atoms with Crippen LogP contribution in [0.2, 0.25) is 0 Å². The molecular weight excluding hydrogens is 402 g/mol. The lowest BCUT2D eigenvalue weighted by atomic mass is 10.0. The lowest BCUT2D eigenvalue weighted by Crippen LogP contribution is -3.00. The molecule has 1 fully saturated rings. The second-order valence-corrected chi connectivity index (χ2v) is 5.43. The minimum Gasteiger partial charge on any atom is -1.00 e. The summed E-state index contributed by atoms with van der Waals surface area (Å²) in [5.41, 5.74) is 3.74. The monoisotopic (exact) mass is 427 g/mol. The SMILES string of the molecule is CC(=O)O[C@H]1[C@@H](OC(C)=O)COC(OCCCC[NH3+])[C@@H]1OC(C)=O.[Br-]. The second kappa shape index (κ2) is 12.2. The number of quaternary nitrogens is 1. The van der Waals surface area contributed by atoms with E-state index in [9.17, 15) is 14.4 Å². The molecule has 0 saturated carbocycles. The summed E-state index contributed by atoms with van der Waals surface area (Å²) in [6, 6.07) is 0. The van der Waals surface area contributed by atoms with Crippen molar-refractivity contribution in [3.05, 3.63) is 0 Å². The molecule has 0 radical (unpaired) electrons. The molecule has 0 bridgehead atoms. The number of hydrogen-bond acceptors (Lipinski definition) is 8. The highest BCUT2D eigenvalue weighted by Gasteiger charge is 2.47. The summed E-state index contributed by atoms with van der Waals surface area (Å²) in [5.74, 6) is -1.74. The van der Waals surface area contributed by atoms with Gasteiger partial charge in [-0.2, -0.15) is 0 Å². The zero-order chi connectivity index (χ0) is 18.1. The molecule has 0 aliphatic carbocycles. The molecule has 1 rings (SSSR count). The standard InChI is InChI=1S/C15H25NO8.BrH/c1-9(17)22-12-8-21-15(20-7-5-4-6-16)14(24-11(3)19)13(12)23-10(2)18;/h12-15H,4-8,16H2,1-3H3;1H/t12-,13-,14+,15?;/m0./s1. The minimum atomic E-state index is -1.02. The number of halogens is 1. The van der Waals surface area contributed by atoms with E-state index in [2.05, 4.69) is 5.73 Å². The van der Waals surface area contributed by atoms with Crippen LogP contribution in [0.4, 0.5) is 0 Å². The summed E-state index contributed by atoms with van der Waals surface area (Å²) in [6.45, 7) is 4.80. The third-order valence-electron chi connectivity index (χ3n) is 3.23. The normalized spacial score (nSPS) is 25.4. The second-order valence-electron chi connectivity index (χ2n) is 5.43. The van der Waals surface area contributed by atoms with Crippen molar-refractivity contribution in [3.8, 4) is 0 Å². The lowest BCUT2D eigenvalue weighted by Gasteiger charge is -2.40. The van der Waals surface area contributed by atoms with Gasteiger partial charge in [-0.05, 0) is 12.8 Å². The van der Waals surface area contributed by atoms with Crippen molar-refractivity contribution in [2.45, 2.75) is 58.2 Å². The van der Waals surface area contributed by atoms with Crippen LogP contribution in [0.15, 0.2) is 0 Å². The van der Waals surface area contributed by atoms with E-state index in [0.717, 1.165) is 19.4 Å². The third-order valence-corrected chi connectivity index (χ3v) is 3.23. The third kappa shape index (κ3) is 8.61. The van der Waals surface area contributed by atoms with Gasteiger partial charge in [-0.25, -0.2) is 0 Å². The summed E-state index contributed by atoms with van der Waals surface area (Å²) in [7, 11) is 0. The number of esters is 3. The first kappa shape index (κ1) is 23.8. The Kier molecular flexibility index (Phi) is 11.6. The Balaban J connectivity index is 0.00000576. The van der Waals surface area contributed by atoms with E-state index in [0.29, 0.717) is 6.61 Å². The van der Waals surface area contributed by atoms with Crippen LogP contribution in [0.1, 0.15) is 33.6 Å². The number of ether oxygens (including phenoxy) is 5. The fraction of sp³-hybridized carbons (Fsp3) is 0.800. The summed E-state index contributed by atoms with van der Waals surface area (Å²) in [5, 5.41) is 0. The summed E-state index contributed by atoms with van der Waals surface area (Å²) in [6.07, 6.45) is -2.16. The van der Waals surface area contributed by atoms with Crippen molar-refractivity contribution in [2.24, 2.45) is 0 Å². The van der Waals surface area contributed by atoms with Gasteiger partial charge in [0.1, 0.15) is 0 Å². The molecule has 10 heteroatoms. The van der Waals surface area contributed by atoms with Gasteiger partial charge in [-0.3, -0.25) is 14.4 Å². The largest absolute Gasteiger partial charge is 1.00 e. The van der Waals surface area contributed by atoms with Gasteiger partial charge in [0.2, 0.25) is 0 Å². The molecule has 0 aromatic heterocycles. The van der Waals surface area contributed by atoms with Gasteiger partial charge in [0.25, 0.3) is 0 Å². The van der Waals surface area contributed by atoms with Gasteiger partial charge in [-0.15, -0.1) is 0 Å². The van der Waals surface area contributed by atoms with Gasteiger partial charge in [0.05, 0.1) is 19.8 Å². The molecule has 1 heterocycles. The first-order valence-corrected chi connectivity index (χ1v) is 7.89. The van der Waals surface area contributed by atoms with Crippen LogP contribution in [0.25, 0.3) is 0 Å². The van der Waals surface area contributed by atoms with Crippen molar-refractivity contribution in [3.63, 3.8) is 0 Å². The average Bonchev–Trinajstić information content (AvgIpc) is 2.47. The summed E-state index contributed by atoms with van der Waals surface area (Å²) in [4.78, 5) is 34.0.